The summed E-state index contributed by atoms with van der Waals surface area (Å²) < 4.78 is 10.5. The molecular formula is C22H23N3O3. The number of hydrogen-bond donors (Lipinski definition) is 0. The molecule has 1 amide bonds. The van der Waals surface area contributed by atoms with Crippen LogP contribution in [0.1, 0.15) is 30.7 Å². The molecule has 1 aliphatic heterocycles. The molecule has 1 aromatic heterocycles. The van der Waals surface area contributed by atoms with Crippen molar-refractivity contribution < 1.29 is 14.1 Å². The molecule has 0 bridgehead atoms. The Morgan fingerprint density at radius 3 is 2.79 bits per heavy atom. The van der Waals surface area contributed by atoms with Crippen molar-refractivity contribution in [2.24, 2.45) is 0 Å². The van der Waals surface area contributed by atoms with Crippen LogP contribution in [0.4, 0.5) is 5.69 Å². The Hall–Kier alpha value is -3.15. The molecule has 0 atom stereocenters. The van der Waals surface area contributed by atoms with Gasteiger partial charge in [-0.25, -0.2) is 0 Å². The Kier molecular flexibility index (Phi) is 5.37. The predicted octanol–water partition coefficient (Wildman–Crippen LogP) is 4.05. The largest absolute Gasteiger partial charge is 0.497 e. The zero-order valence-electron chi connectivity index (χ0n) is 15.9. The van der Waals surface area contributed by atoms with Gasteiger partial charge in [-0.15, -0.1) is 0 Å². The summed E-state index contributed by atoms with van der Waals surface area (Å²) in [4.78, 5) is 19.2. The number of amides is 1. The average molecular weight is 377 g/mol. The Balaban J connectivity index is 1.42. The number of para-hydroxylation sites is 1. The highest BCUT2D eigenvalue weighted by atomic mass is 16.5. The second-order valence-electron chi connectivity index (χ2n) is 6.87. The Bertz CT molecular complexity index is 950. The molecule has 144 valence electrons. The van der Waals surface area contributed by atoms with Gasteiger partial charge in [0, 0.05) is 30.6 Å². The van der Waals surface area contributed by atoms with Crippen LogP contribution in [0.3, 0.4) is 0 Å². The minimum absolute atomic E-state index is 0.0959. The van der Waals surface area contributed by atoms with Gasteiger partial charge in [0.05, 0.1) is 7.11 Å². The van der Waals surface area contributed by atoms with Gasteiger partial charge >= 0.3 is 0 Å². The first-order valence-corrected chi connectivity index (χ1v) is 9.60. The van der Waals surface area contributed by atoms with E-state index in [0.717, 1.165) is 42.8 Å². The number of fused-ring (bicyclic) bond motifs is 1. The molecule has 0 saturated carbocycles. The maximum Gasteiger partial charge on any atom is 0.227 e. The fraction of sp³-hybridized carbons (Fsp3) is 0.318. The molecule has 4 rings (SSSR count). The van der Waals surface area contributed by atoms with E-state index >= 15 is 0 Å². The fourth-order valence-corrected chi connectivity index (χ4v) is 3.51. The maximum absolute atomic E-state index is 12.9. The van der Waals surface area contributed by atoms with Crippen LogP contribution < -0.4 is 9.64 Å². The number of carbonyl (C=O) groups is 1. The molecule has 0 unspecified atom stereocenters. The smallest absolute Gasteiger partial charge is 0.227 e. The van der Waals surface area contributed by atoms with Gasteiger partial charge in [0.2, 0.25) is 17.6 Å². The molecule has 1 aliphatic rings. The minimum atomic E-state index is 0.0959. The van der Waals surface area contributed by atoms with E-state index in [0.29, 0.717) is 24.6 Å². The van der Waals surface area contributed by atoms with Crippen LogP contribution in [-0.4, -0.2) is 29.7 Å². The van der Waals surface area contributed by atoms with Gasteiger partial charge in [-0.3, -0.25) is 4.79 Å². The van der Waals surface area contributed by atoms with Crippen LogP contribution in [0.15, 0.2) is 53.1 Å². The van der Waals surface area contributed by atoms with Crippen molar-refractivity contribution in [1.29, 1.82) is 0 Å². The first-order chi connectivity index (χ1) is 13.7. The van der Waals surface area contributed by atoms with E-state index in [1.165, 1.54) is 5.56 Å². The summed E-state index contributed by atoms with van der Waals surface area (Å²) in [6.07, 6.45) is 3.92. The third-order valence-electron chi connectivity index (χ3n) is 5.03. The normalized spacial score (nSPS) is 13.7. The average Bonchev–Trinajstić information content (AvgIpc) is 3.11. The molecule has 0 spiro atoms. The molecule has 0 aliphatic carbocycles. The topological polar surface area (TPSA) is 68.5 Å². The van der Waals surface area contributed by atoms with Crippen molar-refractivity contribution in [3.63, 3.8) is 0 Å². The zero-order chi connectivity index (χ0) is 19.3. The minimum Gasteiger partial charge on any atom is -0.497 e. The van der Waals surface area contributed by atoms with E-state index in [9.17, 15) is 4.79 Å². The second kappa shape index (κ2) is 8.25. The summed E-state index contributed by atoms with van der Waals surface area (Å²) in [6.45, 7) is 0.761. The van der Waals surface area contributed by atoms with E-state index in [1.54, 1.807) is 7.11 Å². The highest BCUT2D eigenvalue weighted by Crippen LogP contribution is 2.27. The summed E-state index contributed by atoms with van der Waals surface area (Å²) in [5.74, 6) is 1.86. The molecule has 0 radical (unpaired) electrons. The quantitative estimate of drug-likeness (QED) is 0.671. The highest BCUT2D eigenvalue weighted by Gasteiger charge is 2.21. The summed E-state index contributed by atoms with van der Waals surface area (Å²) in [5, 5.41) is 4.03. The lowest BCUT2D eigenvalue weighted by molar-refractivity contribution is -0.118. The lowest BCUT2D eigenvalue weighted by Crippen LogP contribution is -2.31. The molecule has 0 saturated heterocycles. The van der Waals surface area contributed by atoms with Crippen LogP contribution in [0, 0.1) is 0 Å². The summed E-state index contributed by atoms with van der Waals surface area (Å²) in [5.41, 5.74) is 3.13. The summed E-state index contributed by atoms with van der Waals surface area (Å²) >= 11 is 0. The number of hydrogen-bond acceptors (Lipinski definition) is 5. The first-order valence-electron chi connectivity index (χ1n) is 9.60. The monoisotopic (exact) mass is 377 g/mol. The summed E-state index contributed by atoms with van der Waals surface area (Å²) in [7, 11) is 1.63. The predicted molar refractivity (Wildman–Crippen MR) is 106 cm³/mol. The number of benzene rings is 2. The van der Waals surface area contributed by atoms with E-state index in [4.69, 9.17) is 9.26 Å². The van der Waals surface area contributed by atoms with Gasteiger partial charge in [0.1, 0.15) is 5.75 Å². The maximum atomic E-state index is 12.9. The zero-order valence-corrected chi connectivity index (χ0v) is 15.9. The number of anilines is 1. The number of rotatable bonds is 5. The molecule has 6 nitrogen and oxygen atoms in total. The number of ether oxygens (including phenoxy) is 1. The van der Waals surface area contributed by atoms with Crippen molar-refractivity contribution in [1.82, 2.24) is 10.1 Å². The Labute approximate surface area is 164 Å². The first kappa shape index (κ1) is 18.2. The third-order valence-corrected chi connectivity index (χ3v) is 5.03. The van der Waals surface area contributed by atoms with Gasteiger partial charge in [0.15, 0.2) is 0 Å². The van der Waals surface area contributed by atoms with Crippen molar-refractivity contribution in [3.05, 3.63) is 60.0 Å². The SMILES string of the molecule is COc1ccc(-c2noc(CCC(=O)N3CCCCc4ccccc43)n2)cc1. The van der Waals surface area contributed by atoms with Gasteiger partial charge in [-0.05, 0) is 55.2 Å². The molecule has 28 heavy (non-hydrogen) atoms. The lowest BCUT2D eigenvalue weighted by atomic mass is 10.1. The van der Waals surface area contributed by atoms with Crippen LogP contribution in [0.25, 0.3) is 11.4 Å². The Morgan fingerprint density at radius 1 is 1.14 bits per heavy atom. The van der Waals surface area contributed by atoms with Gasteiger partial charge in [0.25, 0.3) is 0 Å². The number of carbonyl (C=O) groups excluding carboxylic acids is 1. The van der Waals surface area contributed by atoms with Gasteiger partial charge in [-0.1, -0.05) is 23.4 Å². The van der Waals surface area contributed by atoms with Crippen molar-refractivity contribution >= 4 is 11.6 Å². The van der Waals surface area contributed by atoms with E-state index in [-0.39, 0.29) is 5.91 Å². The number of methoxy groups -OCH3 is 1. The third kappa shape index (κ3) is 3.91. The molecule has 2 heterocycles. The molecule has 0 fully saturated rings. The van der Waals surface area contributed by atoms with Crippen LogP contribution in [0.5, 0.6) is 5.75 Å². The molecular weight excluding hydrogens is 354 g/mol. The number of nitrogens with zero attached hydrogens (tertiary/aromatic N) is 3. The van der Waals surface area contributed by atoms with Crippen molar-refractivity contribution in [2.75, 3.05) is 18.6 Å². The van der Waals surface area contributed by atoms with Crippen molar-refractivity contribution in [3.8, 4) is 17.1 Å². The van der Waals surface area contributed by atoms with Gasteiger partial charge < -0.3 is 14.2 Å². The second-order valence-corrected chi connectivity index (χ2v) is 6.87. The van der Waals surface area contributed by atoms with Crippen LogP contribution >= 0.6 is 0 Å². The molecule has 0 N–H and O–H groups in total. The lowest BCUT2D eigenvalue weighted by Gasteiger charge is -2.22. The van der Waals surface area contributed by atoms with E-state index in [2.05, 4.69) is 16.2 Å². The number of aromatic nitrogens is 2. The van der Waals surface area contributed by atoms with Crippen LogP contribution in [-0.2, 0) is 17.6 Å². The van der Waals surface area contributed by atoms with E-state index < -0.39 is 0 Å². The summed E-state index contributed by atoms with van der Waals surface area (Å²) in [6, 6.07) is 15.6. The number of aryl methyl sites for hydroxylation is 2. The molecule has 3 aromatic rings. The van der Waals surface area contributed by atoms with E-state index in [1.807, 2.05) is 47.4 Å². The fourth-order valence-electron chi connectivity index (χ4n) is 3.51. The standard InChI is InChI=1S/C22H23N3O3/c1-27-18-11-9-17(10-12-18)22-23-20(28-24-22)13-14-21(26)25-15-5-4-7-16-6-2-3-8-19(16)25/h2-3,6,8-12H,4-5,7,13-15H2,1H3. The Morgan fingerprint density at radius 2 is 1.96 bits per heavy atom. The van der Waals surface area contributed by atoms with Crippen LogP contribution in [0.2, 0.25) is 0 Å². The van der Waals surface area contributed by atoms with Crippen molar-refractivity contribution in [2.45, 2.75) is 32.1 Å². The molecule has 6 heteroatoms. The highest BCUT2D eigenvalue weighted by molar-refractivity contribution is 5.94. The molecule has 2 aromatic carbocycles. The van der Waals surface area contributed by atoms with Gasteiger partial charge in [-0.2, -0.15) is 4.98 Å².